The monoisotopic (exact) mass is 329 g/mol. The molecule has 1 saturated carbocycles. The summed E-state index contributed by atoms with van der Waals surface area (Å²) in [5.41, 5.74) is 0.492. The van der Waals surface area contributed by atoms with E-state index in [9.17, 15) is 4.79 Å². The molecule has 130 valence electrons. The van der Waals surface area contributed by atoms with E-state index in [1.807, 2.05) is 4.90 Å². The number of hydrogen-bond acceptors (Lipinski definition) is 3. The molecule has 2 fully saturated rings. The van der Waals surface area contributed by atoms with Gasteiger partial charge in [0.05, 0.1) is 19.0 Å². The van der Waals surface area contributed by atoms with Crippen molar-refractivity contribution in [1.82, 2.24) is 14.7 Å². The highest BCUT2D eigenvalue weighted by molar-refractivity contribution is 5.88. The topological polar surface area (TPSA) is 74.0 Å². The minimum absolute atomic E-state index is 0.0478. The first-order valence-corrected chi connectivity index (χ1v) is 9.17. The Morgan fingerprint density at radius 2 is 2.00 bits per heavy atom. The predicted octanol–water partition coefficient (Wildman–Crippen LogP) is 3.77. The van der Waals surface area contributed by atoms with Crippen LogP contribution in [0.3, 0.4) is 0 Å². The fraction of sp³-hybridized carbons (Fsp3) is 0.722. The van der Waals surface area contributed by atoms with Crippen molar-refractivity contribution in [2.45, 2.75) is 64.3 Å². The zero-order valence-electron chi connectivity index (χ0n) is 14.3. The van der Waals surface area contributed by atoms with Gasteiger partial charge in [0.15, 0.2) is 5.82 Å². The molecule has 3 rings (SSSR count). The molecule has 0 bridgehead atoms. The summed E-state index contributed by atoms with van der Waals surface area (Å²) < 4.78 is 1.69. The average Bonchev–Trinajstić information content (AvgIpc) is 2.94. The van der Waals surface area contributed by atoms with Gasteiger partial charge in [0.25, 0.3) is 0 Å². The van der Waals surface area contributed by atoms with Crippen molar-refractivity contribution in [2.24, 2.45) is 5.41 Å². The van der Waals surface area contributed by atoms with Crippen molar-refractivity contribution in [2.75, 3.05) is 18.4 Å². The molecule has 0 radical (unpaired) electrons. The maximum absolute atomic E-state index is 12.5. The third-order valence-electron chi connectivity index (χ3n) is 5.58. The standard InChI is InChI=1S/C18H27N5O/c19-11-5-13-23-14-6-16(21-23)20-17(24)22-12-4-9-18(10-15-22)7-2-1-3-8-18/h6,14H,1-5,7-10,12-13,15H2,(H,20,21,24). The second-order valence-electron chi connectivity index (χ2n) is 7.20. The molecule has 1 saturated heterocycles. The zero-order valence-corrected chi connectivity index (χ0v) is 14.3. The molecule has 24 heavy (non-hydrogen) atoms. The summed E-state index contributed by atoms with van der Waals surface area (Å²) in [7, 11) is 0. The van der Waals surface area contributed by atoms with E-state index in [0.717, 1.165) is 25.9 Å². The van der Waals surface area contributed by atoms with Crippen LogP contribution < -0.4 is 5.32 Å². The maximum Gasteiger partial charge on any atom is 0.323 e. The van der Waals surface area contributed by atoms with Crippen molar-refractivity contribution in [1.29, 1.82) is 5.26 Å². The molecule has 1 N–H and O–H groups in total. The Bertz CT molecular complexity index is 597. The minimum atomic E-state index is -0.0478. The van der Waals surface area contributed by atoms with Crippen molar-refractivity contribution in [3.05, 3.63) is 12.3 Å². The van der Waals surface area contributed by atoms with Crippen LogP contribution in [0.5, 0.6) is 0 Å². The van der Waals surface area contributed by atoms with E-state index in [2.05, 4.69) is 16.5 Å². The molecule has 1 spiro atoms. The molecular formula is C18H27N5O. The van der Waals surface area contributed by atoms with Gasteiger partial charge in [-0.15, -0.1) is 0 Å². The van der Waals surface area contributed by atoms with E-state index in [-0.39, 0.29) is 6.03 Å². The summed E-state index contributed by atoms with van der Waals surface area (Å²) in [5, 5.41) is 15.8. The lowest BCUT2D eigenvalue weighted by Crippen LogP contribution is -2.36. The number of rotatable bonds is 3. The number of likely N-dealkylation sites (tertiary alicyclic amines) is 1. The Balaban J connectivity index is 1.53. The number of nitrogens with zero attached hydrogens (tertiary/aromatic N) is 4. The van der Waals surface area contributed by atoms with Crippen molar-refractivity contribution in [3.8, 4) is 6.07 Å². The Kier molecular flexibility index (Phi) is 5.39. The molecule has 2 heterocycles. The first kappa shape index (κ1) is 16.8. The molecular weight excluding hydrogens is 302 g/mol. The fourth-order valence-corrected chi connectivity index (χ4v) is 4.16. The smallest absolute Gasteiger partial charge is 0.323 e. The van der Waals surface area contributed by atoms with E-state index in [1.54, 1.807) is 16.9 Å². The summed E-state index contributed by atoms with van der Waals surface area (Å²) in [5.74, 6) is 0.564. The van der Waals surface area contributed by atoms with Gasteiger partial charge in [0.2, 0.25) is 0 Å². The largest absolute Gasteiger partial charge is 0.324 e. The first-order valence-electron chi connectivity index (χ1n) is 9.17. The number of aryl methyl sites for hydroxylation is 1. The van der Waals surface area contributed by atoms with Crippen LogP contribution in [0.2, 0.25) is 0 Å². The molecule has 2 aliphatic rings. The van der Waals surface area contributed by atoms with Crippen molar-refractivity contribution in [3.63, 3.8) is 0 Å². The highest BCUT2D eigenvalue weighted by atomic mass is 16.2. The maximum atomic E-state index is 12.5. The molecule has 1 aliphatic heterocycles. The third kappa shape index (κ3) is 4.08. The number of carbonyl (C=O) groups excluding carboxylic acids is 1. The minimum Gasteiger partial charge on any atom is -0.324 e. The zero-order chi connectivity index (χ0) is 16.8. The van der Waals surface area contributed by atoms with Gasteiger partial charge in [-0.25, -0.2) is 4.79 Å². The van der Waals surface area contributed by atoms with Crippen LogP contribution in [0.25, 0.3) is 0 Å². The van der Waals surface area contributed by atoms with Gasteiger partial charge in [0, 0.05) is 25.4 Å². The van der Waals surface area contributed by atoms with E-state index < -0.39 is 0 Å². The molecule has 1 aliphatic carbocycles. The quantitative estimate of drug-likeness (QED) is 0.917. The summed E-state index contributed by atoms with van der Waals surface area (Å²) in [4.78, 5) is 14.5. The molecule has 1 aromatic rings. The third-order valence-corrected chi connectivity index (χ3v) is 5.58. The van der Waals surface area contributed by atoms with Crippen LogP contribution in [-0.4, -0.2) is 33.8 Å². The van der Waals surface area contributed by atoms with Gasteiger partial charge in [-0.05, 0) is 37.5 Å². The molecule has 0 unspecified atom stereocenters. The first-order chi connectivity index (χ1) is 11.7. The van der Waals surface area contributed by atoms with Crippen molar-refractivity contribution < 1.29 is 4.79 Å². The lowest BCUT2D eigenvalue weighted by Gasteiger charge is -2.36. The summed E-state index contributed by atoms with van der Waals surface area (Å²) in [6.45, 7) is 2.24. The Morgan fingerprint density at radius 1 is 1.21 bits per heavy atom. The molecule has 0 aromatic carbocycles. The van der Waals surface area contributed by atoms with Gasteiger partial charge in [-0.3, -0.25) is 10.00 Å². The molecule has 6 heteroatoms. The second kappa shape index (κ2) is 7.69. The normalized spacial score (nSPS) is 20.4. The number of amides is 2. The lowest BCUT2D eigenvalue weighted by atomic mass is 9.69. The van der Waals surface area contributed by atoms with Crippen LogP contribution in [0.4, 0.5) is 10.6 Å². The Labute approximate surface area is 143 Å². The van der Waals surface area contributed by atoms with Gasteiger partial charge < -0.3 is 4.90 Å². The van der Waals surface area contributed by atoms with Crippen LogP contribution >= 0.6 is 0 Å². The van der Waals surface area contributed by atoms with Gasteiger partial charge in [-0.2, -0.15) is 10.4 Å². The number of aromatic nitrogens is 2. The molecule has 6 nitrogen and oxygen atoms in total. The number of carbonyl (C=O) groups is 1. The molecule has 0 atom stereocenters. The molecule has 2 amide bonds. The lowest BCUT2D eigenvalue weighted by molar-refractivity contribution is 0.159. The number of urea groups is 1. The number of nitriles is 1. The average molecular weight is 329 g/mol. The van der Waals surface area contributed by atoms with E-state index >= 15 is 0 Å². The van der Waals surface area contributed by atoms with Gasteiger partial charge in [0.1, 0.15) is 0 Å². The Hall–Kier alpha value is -2.03. The highest BCUT2D eigenvalue weighted by Gasteiger charge is 2.34. The van der Waals surface area contributed by atoms with Crippen molar-refractivity contribution >= 4 is 11.8 Å². The number of nitrogens with one attached hydrogen (secondary N) is 1. The van der Waals surface area contributed by atoms with Crippen LogP contribution in [0.15, 0.2) is 12.3 Å². The predicted molar refractivity (Wildman–Crippen MR) is 92.4 cm³/mol. The summed E-state index contributed by atoms with van der Waals surface area (Å²) in [6, 6.07) is 3.84. The van der Waals surface area contributed by atoms with Crippen LogP contribution in [0.1, 0.15) is 57.8 Å². The van der Waals surface area contributed by atoms with Gasteiger partial charge in [-0.1, -0.05) is 19.3 Å². The SMILES string of the molecule is N#CCCn1ccc(NC(=O)N2CCCC3(CCCCC3)CC2)n1. The summed E-state index contributed by atoms with van der Waals surface area (Å²) in [6.07, 6.45) is 12.5. The van der Waals surface area contributed by atoms with Gasteiger partial charge >= 0.3 is 6.03 Å². The van der Waals surface area contributed by atoms with E-state index in [1.165, 1.54) is 38.5 Å². The number of anilines is 1. The fourth-order valence-electron chi connectivity index (χ4n) is 4.16. The number of hydrogen-bond donors (Lipinski definition) is 1. The molecule has 1 aromatic heterocycles. The van der Waals surface area contributed by atoms with Crippen LogP contribution in [-0.2, 0) is 6.54 Å². The highest BCUT2D eigenvalue weighted by Crippen LogP contribution is 2.44. The Morgan fingerprint density at radius 3 is 2.79 bits per heavy atom. The van der Waals surface area contributed by atoms with E-state index in [4.69, 9.17) is 5.26 Å². The van der Waals surface area contributed by atoms with Crippen LogP contribution in [0, 0.1) is 16.7 Å². The van der Waals surface area contributed by atoms with E-state index in [0.29, 0.717) is 24.2 Å². The summed E-state index contributed by atoms with van der Waals surface area (Å²) >= 11 is 0. The second-order valence-corrected chi connectivity index (χ2v) is 7.20.